The van der Waals surface area contributed by atoms with E-state index >= 15 is 0 Å². The average molecular weight is 514 g/mol. The molecule has 3 unspecified atom stereocenters. The van der Waals surface area contributed by atoms with Crippen molar-refractivity contribution >= 4 is 15.9 Å². The number of aliphatic hydroxyl groups is 2. The molecule has 0 radical (unpaired) electrons. The number of alkyl carbamates (subject to hydrolysis) is 1. The second-order valence-electron chi connectivity index (χ2n) is 10.0. The van der Waals surface area contributed by atoms with E-state index in [4.69, 9.17) is 14.2 Å². The van der Waals surface area contributed by atoms with Crippen LogP contribution in [0.25, 0.3) is 0 Å². The van der Waals surface area contributed by atoms with Crippen LogP contribution in [-0.4, -0.2) is 80.3 Å². The standard InChI is InChI=1S/C25H39NO8S/c1-16(2)20(28)13-21-19(15-35(30,31)18-10-8-7-9-11-18)23(32-6)22(33-21)12-17(27)14-26-24(29)34-25(3,4)5/h7-11,17,19-23,27-28H,1,12-15H2,2-6H3,(H,26,29)/t17-,19?,20?,21-,22?,23+/m0/s1. The molecule has 1 aliphatic rings. The Morgan fingerprint density at radius 1 is 1.17 bits per heavy atom. The summed E-state index contributed by atoms with van der Waals surface area (Å²) in [5.41, 5.74) is -0.128. The molecular weight excluding hydrogens is 474 g/mol. The lowest BCUT2D eigenvalue weighted by Gasteiger charge is -2.25. The summed E-state index contributed by atoms with van der Waals surface area (Å²) in [4.78, 5) is 12.1. The molecule has 1 aromatic carbocycles. The van der Waals surface area contributed by atoms with E-state index in [2.05, 4.69) is 11.9 Å². The molecule has 1 aromatic rings. The zero-order valence-electron chi connectivity index (χ0n) is 21.1. The first-order valence-corrected chi connectivity index (χ1v) is 13.3. The number of methoxy groups -OCH3 is 1. The summed E-state index contributed by atoms with van der Waals surface area (Å²) in [5.74, 6) is -0.832. The van der Waals surface area contributed by atoms with Crippen LogP contribution in [0.15, 0.2) is 47.4 Å². The maximum absolute atomic E-state index is 13.1. The number of carbonyl (C=O) groups is 1. The molecule has 198 valence electrons. The van der Waals surface area contributed by atoms with Crippen molar-refractivity contribution in [1.29, 1.82) is 0 Å². The van der Waals surface area contributed by atoms with Crippen molar-refractivity contribution in [2.75, 3.05) is 19.4 Å². The van der Waals surface area contributed by atoms with Gasteiger partial charge >= 0.3 is 6.09 Å². The molecule has 0 saturated carbocycles. The van der Waals surface area contributed by atoms with Crippen LogP contribution in [0.1, 0.15) is 40.5 Å². The summed E-state index contributed by atoms with van der Waals surface area (Å²) in [6, 6.07) is 8.13. The highest BCUT2D eigenvalue weighted by atomic mass is 32.2. The fourth-order valence-electron chi connectivity index (χ4n) is 4.10. The number of hydrogen-bond donors (Lipinski definition) is 3. The topological polar surface area (TPSA) is 131 Å². The molecular formula is C25H39NO8S. The third-order valence-corrected chi connectivity index (χ3v) is 7.63. The van der Waals surface area contributed by atoms with E-state index in [0.717, 1.165) is 0 Å². The molecule has 1 amide bonds. The molecule has 6 atom stereocenters. The second kappa shape index (κ2) is 12.3. The SMILES string of the molecule is C=C(C)C(O)C[C@@H]1OC(C[C@H](O)CNC(=O)OC(C)(C)C)[C@H](OC)C1CS(=O)(=O)c1ccccc1. The van der Waals surface area contributed by atoms with Gasteiger partial charge in [-0.3, -0.25) is 0 Å². The van der Waals surface area contributed by atoms with Gasteiger partial charge in [-0.2, -0.15) is 0 Å². The van der Waals surface area contributed by atoms with Crippen molar-refractivity contribution in [2.45, 2.75) is 81.6 Å². The van der Waals surface area contributed by atoms with Gasteiger partial charge in [0.25, 0.3) is 0 Å². The molecule has 3 N–H and O–H groups in total. The van der Waals surface area contributed by atoms with Crippen LogP contribution in [-0.2, 0) is 24.0 Å². The molecule has 1 fully saturated rings. The third-order valence-electron chi connectivity index (χ3n) is 5.81. The second-order valence-corrected chi connectivity index (χ2v) is 12.1. The summed E-state index contributed by atoms with van der Waals surface area (Å²) >= 11 is 0. The fraction of sp³-hybridized carbons (Fsp3) is 0.640. The van der Waals surface area contributed by atoms with Crippen molar-refractivity contribution in [2.24, 2.45) is 5.92 Å². The number of aliphatic hydroxyl groups excluding tert-OH is 2. The Hall–Kier alpha value is -1.98. The lowest BCUT2D eigenvalue weighted by molar-refractivity contribution is -0.0384. The van der Waals surface area contributed by atoms with Gasteiger partial charge in [-0.1, -0.05) is 30.4 Å². The molecule has 1 heterocycles. The molecule has 0 aliphatic carbocycles. The van der Waals surface area contributed by atoms with Gasteiger partial charge < -0.3 is 29.7 Å². The minimum atomic E-state index is -3.67. The van der Waals surface area contributed by atoms with Gasteiger partial charge in [-0.15, -0.1) is 0 Å². The monoisotopic (exact) mass is 513 g/mol. The quantitative estimate of drug-likeness (QED) is 0.385. The van der Waals surface area contributed by atoms with Gasteiger partial charge in [0.05, 0.1) is 41.2 Å². The van der Waals surface area contributed by atoms with Crippen LogP contribution in [0.4, 0.5) is 4.79 Å². The number of sulfone groups is 1. The van der Waals surface area contributed by atoms with Crippen LogP contribution in [0.3, 0.4) is 0 Å². The van der Waals surface area contributed by atoms with Gasteiger partial charge in [0.15, 0.2) is 9.84 Å². The van der Waals surface area contributed by atoms with Gasteiger partial charge in [0.2, 0.25) is 0 Å². The highest BCUT2D eigenvalue weighted by Gasteiger charge is 2.47. The van der Waals surface area contributed by atoms with Crippen molar-refractivity contribution in [3.8, 4) is 0 Å². The molecule has 1 saturated heterocycles. The number of rotatable bonds is 11. The molecule has 2 rings (SSSR count). The first-order valence-electron chi connectivity index (χ1n) is 11.7. The molecule has 0 aromatic heterocycles. The predicted molar refractivity (Wildman–Crippen MR) is 132 cm³/mol. The van der Waals surface area contributed by atoms with E-state index in [0.29, 0.717) is 5.57 Å². The van der Waals surface area contributed by atoms with Crippen LogP contribution < -0.4 is 5.32 Å². The number of carbonyl (C=O) groups excluding carboxylic acids is 1. The molecule has 0 spiro atoms. The van der Waals surface area contributed by atoms with E-state index < -0.39 is 58.0 Å². The summed E-state index contributed by atoms with van der Waals surface area (Å²) in [6.45, 7) is 10.6. The van der Waals surface area contributed by atoms with Gasteiger partial charge in [0.1, 0.15) is 5.60 Å². The van der Waals surface area contributed by atoms with Crippen molar-refractivity contribution in [3.05, 3.63) is 42.5 Å². The normalized spacial score (nSPS) is 24.5. The average Bonchev–Trinajstić information content (AvgIpc) is 3.06. The maximum atomic E-state index is 13.1. The summed E-state index contributed by atoms with van der Waals surface area (Å²) < 4.78 is 43.3. The first kappa shape index (κ1) is 29.3. The lowest BCUT2D eigenvalue weighted by Crippen LogP contribution is -2.40. The Morgan fingerprint density at radius 2 is 1.80 bits per heavy atom. The van der Waals surface area contributed by atoms with Gasteiger partial charge in [-0.25, -0.2) is 13.2 Å². The maximum Gasteiger partial charge on any atom is 0.407 e. The smallest absolute Gasteiger partial charge is 0.407 e. The Labute approximate surface area is 208 Å². The van der Waals surface area contributed by atoms with Crippen molar-refractivity contribution in [3.63, 3.8) is 0 Å². The first-order chi connectivity index (χ1) is 16.2. The minimum absolute atomic E-state index is 0.0722. The minimum Gasteiger partial charge on any atom is -0.444 e. The molecule has 35 heavy (non-hydrogen) atoms. The number of hydrogen-bond acceptors (Lipinski definition) is 8. The van der Waals surface area contributed by atoms with Crippen molar-refractivity contribution < 1.29 is 37.6 Å². The molecule has 9 nitrogen and oxygen atoms in total. The Kier molecular flexibility index (Phi) is 10.3. The number of amides is 1. The number of benzene rings is 1. The Bertz CT molecular complexity index is 944. The largest absolute Gasteiger partial charge is 0.444 e. The Morgan fingerprint density at radius 3 is 2.34 bits per heavy atom. The van der Waals surface area contributed by atoms with E-state index in [1.807, 2.05) is 0 Å². The summed E-state index contributed by atoms with van der Waals surface area (Å²) in [6.07, 6.45) is -4.20. The highest BCUT2D eigenvalue weighted by molar-refractivity contribution is 7.91. The van der Waals surface area contributed by atoms with Crippen LogP contribution in [0, 0.1) is 5.92 Å². The lowest BCUT2D eigenvalue weighted by atomic mass is 9.91. The molecule has 1 aliphatic heterocycles. The highest BCUT2D eigenvalue weighted by Crippen LogP contribution is 2.36. The summed E-state index contributed by atoms with van der Waals surface area (Å²) in [5, 5.41) is 23.5. The fourth-order valence-corrected chi connectivity index (χ4v) is 5.78. The van der Waals surface area contributed by atoms with Gasteiger partial charge in [0, 0.05) is 32.4 Å². The zero-order chi connectivity index (χ0) is 26.4. The van der Waals surface area contributed by atoms with E-state index in [1.165, 1.54) is 19.2 Å². The van der Waals surface area contributed by atoms with E-state index in [1.54, 1.807) is 45.9 Å². The van der Waals surface area contributed by atoms with Crippen LogP contribution >= 0.6 is 0 Å². The zero-order valence-corrected chi connectivity index (χ0v) is 22.0. The van der Waals surface area contributed by atoms with Crippen LogP contribution in [0.2, 0.25) is 0 Å². The predicted octanol–water partition coefficient (Wildman–Crippen LogP) is 2.46. The van der Waals surface area contributed by atoms with Gasteiger partial charge in [-0.05, 0) is 39.8 Å². The Balaban J connectivity index is 2.16. The number of nitrogens with one attached hydrogen (secondary N) is 1. The molecule has 0 bridgehead atoms. The van der Waals surface area contributed by atoms with E-state index in [9.17, 15) is 23.4 Å². The number of ether oxygens (including phenoxy) is 3. The molecule has 10 heteroatoms. The van der Waals surface area contributed by atoms with Crippen LogP contribution in [0.5, 0.6) is 0 Å². The van der Waals surface area contributed by atoms with Crippen molar-refractivity contribution in [1.82, 2.24) is 5.32 Å². The van der Waals surface area contributed by atoms with E-state index in [-0.39, 0.29) is 30.0 Å². The summed E-state index contributed by atoms with van der Waals surface area (Å²) in [7, 11) is -2.20. The third kappa shape index (κ3) is 8.88.